The Morgan fingerprint density at radius 3 is 1.91 bits per heavy atom. The van der Waals surface area contributed by atoms with Gasteiger partial charge in [-0.2, -0.15) is 31.4 Å². The van der Waals surface area contributed by atoms with Gasteiger partial charge in [0, 0.05) is 14.1 Å². The van der Waals surface area contributed by atoms with Crippen LogP contribution in [0.2, 0.25) is 0 Å². The summed E-state index contributed by atoms with van der Waals surface area (Å²) in [6, 6.07) is 0. The average Bonchev–Trinajstić information content (AvgIpc) is 2.21. The summed E-state index contributed by atoms with van der Waals surface area (Å²) in [5, 5.41) is 14.7. The first-order chi connectivity index (χ1) is 10.0. The molecule has 0 bridgehead atoms. The van der Waals surface area contributed by atoms with E-state index in [0.717, 1.165) is 5.01 Å². The summed E-state index contributed by atoms with van der Waals surface area (Å²) >= 11 is 0. The van der Waals surface area contributed by atoms with Crippen LogP contribution in [-0.4, -0.2) is 47.9 Å². The Hall–Kier alpha value is -1.25. The van der Waals surface area contributed by atoms with Crippen molar-refractivity contribution in [3.05, 3.63) is 11.6 Å². The number of alkyl halides is 6. The van der Waals surface area contributed by atoms with E-state index >= 15 is 0 Å². The lowest BCUT2D eigenvalue weighted by Gasteiger charge is -2.48. The van der Waals surface area contributed by atoms with Crippen molar-refractivity contribution >= 4 is 5.71 Å². The Morgan fingerprint density at radius 2 is 1.57 bits per heavy atom. The minimum atomic E-state index is -5.89. The van der Waals surface area contributed by atoms with E-state index in [2.05, 4.69) is 5.10 Å². The van der Waals surface area contributed by atoms with Gasteiger partial charge in [0.25, 0.3) is 5.60 Å². The van der Waals surface area contributed by atoms with Crippen LogP contribution in [0, 0.1) is 11.3 Å². The topological polar surface area (TPSA) is 35.8 Å². The molecule has 0 spiro atoms. The fraction of sp³-hybridized carbons (Fsp3) is 0.786. The number of hydrazone groups is 1. The molecule has 1 N–H and O–H groups in total. The van der Waals surface area contributed by atoms with Crippen molar-refractivity contribution in [3.8, 4) is 0 Å². The molecule has 1 rings (SSSR count). The van der Waals surface area contributed by atoms with E-state index in [9.17, 15) is 31.4 Å². The standard InChI is InChI=1S/C14H20F6N2O/c1-8-6-9(21-22(4)5)10(11(2,3)7-8)12(23,13(15,16)17)14(18,19)20/h6,10,23H,7H2,1-5H3/b21-9+. The van der Waals surface area contributed by atoms with Gasteiger partial charge in [-0.25, -0.2) is 0 Å². The second-order valence-electron chi connectivity index (χ2n) is 6.72. The van der Waals surface area contributed by atoms with E-state index in [1.165, 1.54) is 34.0 Å². The van der Waals surface area contributed by atoms with Crippen LogP contribution in [0.15, 0.2) is 16.8 Å². The molecule has 0 aromatic carbocycles. The molecule has 0 heterocycles. The zero-order valence-electron chi connectivity index (χ0n) is 13.5. The second-order valence-corrected chi connectivity index (χ2v) is 6.72. The summed E-state index contributed by atoms with van der Waals surface area (Å²) in [6.45, 7) is 4.13. The first-order valence-corrected chi connectivity index (χ1v) is 6.83. The maximum atomic E-state index is 13.3. The summed E-state index contributed by atoms with van der Waals surface area (Å²) in [6.07, 6.45) is -10.6. The van der Waals surface area contributed by atoms with Crippen molar-refractivity contribution in [2.45, 2.75) is 45.1 Å². The van der Waals surface area contributed by atoms with E-state index in [-0.39, 0.29) is 6.42 Å². The summed E-state index contributed by atoms with van der Waals surface area (Å²) in [7, 11) is 2.77. The highest BCUT2D eigenvalue weighted by molar-refractivity contribution is 5.99. The molecule has 9 heteroatoms. The van der Waals surface area contributed by atoms with Crippen LogP contribution in [0.5, 0.6) is 0 Å². The fourth-order valence-electron chi connectivity index (χ4n) is 3.19. The highest BCUT2D eigenvalue weighted by atomic mass is 19.4. The van der Waals surface area contributed by atoms with Crippen molar-refractivity contribution in [1.82, 2.24) is 5.01 Å². The van der Waals surface area contributed by atoms with Gasteiger partial charge in [-0.3, -0.25) is 0 Å². The molecule has 0 amide bonds. The Balaban J connectivity index is 3.72. The van der Waals surface area contributed by atoms with Crippen LogP contribution >= 0.6 is 0 Å². The molecule has 23 heavy (non-hydrogen) atoms. The number of hydrogen-bond acceptors (Lipinski definition) is 3. The lowest BCUT2D eigenvalue weighted by molar-refractivity contribution is -0.385. The Morgan fingerprint density at radius 1 is 1.13 bits per heavy atom. The van der Waals surface area contributed by atoms with Crippen LogP contribution in [0.1, 0.15) is 27.2 Å². The second kappa shape index (κ2) is 5.68. The molecule has 0 radical (unpaired) electrons. The first kappa shape index (κ1) is 19.8. The zero-order chi connectivity index (χ0) is 18.4. The number of rotatable bonds is 2. The van der Waals surface area contributed by atoms with E-state index in [1.807, 2.05) is 0 Å². The molecule has 0 aliphatic heterocycles. The minimum absolute atomic E-state index is 0.0153. The van der Waals surface area contributed by atoms with E-state index in [4.69, 9.17) is 0 Å². The largest absolute Gasteiger partial charge is 0.426 e. The van der Waals surface area contributed by atoms with Gasteiger partial charge in [0.15, 0.2) is 0 Å². The third kappa shape index (κ3) is 3.49. The summed E-state index contributed by atoms with van der Waals surface area (Å²) in [5.74, 6) is -2.28. The van der Waals surface area contributed by atoms with Gasteiger partial charge >= 0.3 is 12.4 Å². The molecule has 134 valence electrons. The van der Waals surface area contributed by atoms with Crippen LogP contribution in [0.4, 0.5) is 26.3 Å². The Kier molecular flexibility index (Phi) is 4.89. The number of nitrogens with zero attached hydrogens (tertiary/aromatic N) is 2. The van der Waals surface area contributed by atoms with Gasteiger partial charge < -0.3 is 10.1 Å². The van der Waals surface area contributed by atoms with E-state index in [1.54, 1.807) is 6.92 Å². The van der Waals surface area contributed by atoms with Gasteiger partial charge in [0.1, 0.15) is 0 Å². The van der Waals surface area contributed by atoms with Crippen LogP contribution in [-0.2, 0) is 0 Å². The number of halogens is 6. The minimum Gasteiger partial charge on any atom is -0.373 e. The normalized spacial score (nSPS) is 24.6. The maximum Gasteiger partial charge on any atom is 0.426 e. The quantitative estimate of drug-likeness (QED) is 0.611. The molecule has 1 aliphatic carbocycles. The van der Waals surface area contributed by atoms with E-state index < -0.39 is 35.0 Å². The third-order valence-electron chi connectivity index (χ3n) is 3.80. The van der Waals surface area contributed by atoms with Crippen LogP contribution in [0.3, 0.4) is 0 Å². The predicted molar refractivity (Wildman–Crippen MR) is 73.8 cm³/mol. The Bertz CT molecular complexity index is 502. The molecule has 0 saturated heterocycles. The SMILES string of the molecule is CC1=C/C(=N\N(C)C)C(C(O)(C(F)(F)F)C(F)(F)F)C(C)(C)C1. The first-order valence-electron chi connectivity index (χ1n) is 6.83. The summed E-state index contributed by atoms with van der Waals surface area (Å²) < 4.78 is 79.7. The van der Waals surface area contributed by atoms with Gasteiger partial charge in [-0.1, -0.05) is 19.4 Å². The summed E-state index contributed by atoms with van der Waals surface area (Å²) in [5.41, 5.74) is -6.22. The lowest BCUT2D eigenvalue weighted by Crippen LogP contribution is -2.67. The van der Waals surface area contributed by atoms with Crippen molar-refractivity contribution in [3.63, 3.8) is 0 Å². The molecule has 0 aromatic rings. The number of allylic oxidation sites excluding steroid dienone is 2. The molecule has 1 atom stereocenters. The molecule has 3 nitrogen and oxygen atoms in total. The average molecular weight is 346 g/mol. The molecule has 0 saturated carbocycles. The summed E-state index contributed by atoms with van der Waals surface area (Å²) in [4.78, 5) is 0. The van der Waals surface area contributed by atoms with Gasteiger partial charge in [0.2, 0.25) is 0 Å². The highest BCUT2D eigenvalue weighted by Crippen LogP contribution is 2.56. The van der Waals surface area contributed by atoms with Gasteiger partial charge in [-0.15, -0.1) is 0 Å². The predicted octanol–water partition coefficient (Wildman–Crippen LogP) is 3.75. The molecule has 1 aliphatic rings. The highest BCUT2D eigenvalue weighted by Gasteiger charge is 2.76. The van der Waals surface area contributed by atoms with Crippen molar-refractivity contribution in [2.75, 3.05) is 14.1 Å². The van der Waals surface area contributed by atoms with Crippen molar-refractivity contribution in [1.29, 1.82) is 0 Å². The van der Waals surface area contributed by atoms with Crippen molar-refractivity contribution < 1.29 is 31.4 Å². The Labute approximate surface area is 130 Å². The number of hydrogen-bond donors (Lipinski definition) is 1. The maximum absolute atomic E-state index is 13.3. The van der Waals surface area contributed by atoms with Gasteiger partial charge in [0.05, 0.1) is 11.6 Å². The van der Waals surface area contributed by atoms with E-state index in [0.29, 0.717) is 5.57 Å². The third-order valence-corrected chi connectivity index (χ3v) is 3.80. The molecular formula is C14H20F6N2O. The molecule has 0 aromatic heterocycles. The van der Waals surface area contributed by atoms with Crippen LogP contribution < -0.4 is 0 Å². The zero-order valence-corrected chi connectivity index (χ0v) is 13.5. The molecule has 1 unspecified atom stereocenters. The monoisotopic (exact) mass is 346 g/mol. The molecular weight excluding hydrogens is 326 g/mol. The fourth-order valence-corrected chi connectivity index (χ4v) is 3.19. The van der Waals surface area contributed by atoms with Gasteiger partial charge in [-0.05, 0) is 24.8 Å². The van der Waals surface area contributed by atoms with Crippen LogP contribution in [0.25, 0.3) is 0 Å². The lowest BCUT2D eigenvalue weighted by atomic mass is 9.61. The number of aliphatic hydroxyl groups is 1. The molecule has 0 fully saturated rings. The van der Waals surface area contributed by atoms with Crippen molar-refractivity contribution in [2.24, 2.45) is 16.4 Å². The smallest absolute Gasteiger partial charge is 0.373 e.